The maximum atomic E-state index is 13.4. The molecule has 188 valence electrons. The molecule has 2 aromatic rings. The van der Waals surface area contributed by atoms with Crippen LogP contribution in [0.4, 0.5) is 5.69 Å². The van der Waals surface area contributed by atoms with Crippen molar-refractivity contribution in [3.05, 3.63) is 47.8 Å². The van der Waals surface area contributed by atoms with Crippen LogP contribution in [0.5, 0.6) is 11.5 Å². The topological polar surface area (TPSA) is 108 Å². The second kappa shape index (κ2) is 10.5. The predicted octanol–water partition coefficient (Wildman–Crippen LogP) is 1.42. The molecule has 0 bridgehead atoms. The highest BCUT2D eigenvalue weighted by Gasteiger charge is 2.40. The number of carbonyl (C=O) groups excluding carboxylic acids is 1. The summed E-state index contributed by atoms with van der Waals surface area (Å²) in [6, 6.07) is 6.72. The van der Waals surface area contributed by atoms with Crippen LogP contribution in [0.3, 0.4) is 0 Å². The number of piperazine rings is 1. The summed E-state index contributed by atoms with van der Waals surface area (Å²) in [5, 5.41) is 30.3. The molecule has 1 fully saturated rings. The molecule has 10 nitrogen and oxygen atoms in total. The maximum Gasteiger partial charge on any atom is 0.265 e. The monoisotopic (exact) mass is 481 g/mol. The Hall–Kier alpha value is -3.37. The van der Waals surface area contributed by atoms with E-state index in [0.29, 0.717) is 29.2 Å². The molecule has 0 spiro atoms. The Bertz CT molecular complexity index is 1070. The van der Waals surface area contributed by atoms with Crippen LogP contribution in [0.15, 0.2) is 41.8 Å². The summed E-state index contributed by atoms with van der Waals surface area (Å²) in [7, 11) is 3.86. The van der Waals surface area contributed by atoms with Crippen molar-refractivity contribution in [1.29, 1.82) is 0 Å². The highest BCUT2D eigenvalue weighted by Crippen LogP contribution is 2.36. The van der Waals surface area contributed by atoms with Crippen molar-refractivity contribution in [3.63, 3.8) is 0 Å². The van der Waals surface area contributed by atoms with Crippen LogP contribution < -0.4 is 10.2 Å². The lowest BCUT2D eigenvalue weighted by atomic mass is 9.98. The highest BCUT2D eigenvalue weighted by molar-refractivity contribution is 6.15. The SMILES string of the molecule is CC(C)c1cc(C2=NN(C)C(C(=O)NCCN3CCN(C)CC3)N2c2cccnc2)c(O)cc1O. The summed E-state index contributed by atoms with van der Waals surface area (Å²) < 4.78 is 0. The lowest BCUT2D eigenvalue weighted by molar-refractivity contribution is -0.125. The number of rotatable bonds is 7. The van der Waals surface area contributed by atoms with Crippen LogP contribution in [0, 0.1) is 0 Å². The molecule has 35 heavy (non-hydrogen) atoms. The van der Waals surface area contributed by atoms with Gasteiger partial charge in [-0.25, -0.2) is 0 Å². The van der Waals surface area contributed by atoms with Crippen molar-refractivity contribution in [1.82, 2.24) is 25.1 Å². The number of nitrogens with zero attached hydrogens (tertiary/aromatic N) is 6. The van der Waals surface area contributed by atoms with Gasteiger partial charge in [0.05, 0.1) is 17.4 Å². The van der Waals surface area contributed by atoms with Gasteiger partial charge >= 0.3 is 0 Å². The van der Waals surface area contributed by atoms with Gasteiger partial charge in [-0.1, -0.05) is 13.8 Å². The zero-order valence-electron chi connectivity index (χ0n) is 20.8. The molecule has 0 saturated carbocycles. The lowest BCUT2D eigenvalue weighted by Gasteiger charge is -2.33. The van der Waals surface area contributed by atoms with Crippen molar-refractivity contribution < 1.29 is 15.0 Å². The largest absolute Gasteiger partial charge is 0.508 e. The summed E-state index contributed by atoms with van der Waals surface area (Å²) >= 11 is 0. The molecule has 1 saturated heterocycles. The first-order chi connectivity index (χ1) is 16.8. The molecule has 2 aliphatic rings. The molecular weight excluding hydrogens is 446 g/mol. The molecule has 0 aliphatic carbocycles. The number of anilines is 1. The molecule has 3 N–H and O–H groups in total. The third kappa shape index (κ3) is 5.33. The fraction of sp³-hybridized carbons (Fsp3) is 0.480. The minimum atomic E-state index is -0.752. The van der Waals surface area contributed by atoms with Crippen LogP contribution >= 0.6 is 0 Å². The molecule has 1 atom stereocenters. The first-order valence-corrected chi connectivity index (χ1v) is 12.0. The Morgan fingerprint density at radius 1 is 1.14 bits per heavy atom. The third-order valence-corrected chi connectivity index (χ3v) is 6.57. The van der Waals surface area contributed by atoms with Crippen molar-refractivity contribution in [2.75, 3.05) is 58.3 Å². The van der Waals surface area contributed by atoms with Crippen LogP contribution in [0.25, 0.3) is 0 Å². The molecule has 4 rings (SSSR count). The van der Waals surface area contributed by atoms with E-state index in [1.807, 2.05) is 19.9 Å². The number of hydrogen-bond acceptors (Lipinski definition) is 9. The fourth-order valence-corrected chi connectivity index (χ4v) is 4.50. The zero-order chi connectivity index (χ0) is 25.1. The van der Waals surface area contributed by atoms with Gasteiger partial charge in [-0.2, -0.15) is 5.10 Å². The number of carbonyl (C=O) groups is 1. The number of phenolic OH excluding ortho intramolecular Hbond substituents is 2. The Labute approximate surface area is 206 Å². The zero-order valence-corrected chi connectivity index (χ0v) is 20.8. The van der Waals surface area contributed by atoms with Crippen molar-refractivity contribution in [2.45, 2.75) is 25.9 Å². The molecule has 1 unspecified atom stereocenters. The number of aromatic nitrogens is 1. The number of amidine groups is 1. The fourth-order valence-electron chi connectivity index (χ4n) is 4.50. The second-order valence-corrected chi connectivity index (χ2v) is 9.47. The number of aromatic hydroxyl groups is 2. The van der Waals surface area contributed by atoms with E-state index < -0.39 is 6.17 Å². The number of pyridine rings is 1. The van der Waals surface area contributed by atoms with E-state index in [-0.39, 0.29) is 23.3 Å². The molecule has 10 heteroatoms. The summed E-state index contributed by atoms with van der Waals surface area (Å²) in [5.74, 6) is 0.184. The minimum Gasteiger partial charge on any atom is -0.508 e. The van der Waals surface area contributed by atoms with E-state index in [9.17, 15) is 15.0 Å². The van der Waals surface area contributed by atoms with Gasteiger partial charge in [0.15, 0.2) is 5.84 Å². The van der Waals surface area contributed by atoms with Gasteiger partial charge in [0.2, 0.25) is 6.17 Å². The number of amides is 1. The van der Waals surface area contributed by atoms with E-state index in [4.69, 9.17) is 0 Å². The number of phenols is 2. The Kier molecular flexibility index (Phi) is 7.42. The van der Waals surface area contributed by atoms with Crippen molar-refractivity contribution in [3.8, 4) is 11.5 Å². The minimum absolute atomic E-state index is 0.0272. The van der Waals surface area contributed by atoms with Crippen LogP contribution in [0.1, 0.15) is 30.9 Å². The van der Waals surface area contributed by atoms with Crippen LogP contribution in [0.2, 0.25) is 0 Å². The van der Waals surface area contributed by atoms with Crippen molar-refractivity contribution in [2.24, 2.45) is 5.10 Å². The first kappa shape index (κ1) is 24.7. The van der Waals surface area contributed by atoms with Gasteiger partial charge in [0.25, 0.3) is 5.91 Å². The number of hydrazone groups is 1. The van der Waals surface area contributed by atoms with E-state index in [0.717, 1.165) is 32.7 Å². The standard InChI is InChI=1S/C25H35N7O3/c1-17(2)19-14-20(22(34)15-21(19)33)23-28-30(4)25(32(23)18-6-5-7-26-16-18)24(35)27-8-9-31-12-10-29(3)11-13-31/h5-7,14-17,25,33-34H,8-13H2,1-4H3,(H,27,35). The normalized spacial score (nSPS) is 19.3. The smallest absolute Gasteiger partial charge is 0.265 e. The second-order valence-electron chi connectivity index (χ2n) is 9.47. The molecule has 3 heterocycles. The third-order valence-electron chi connectivity index (χ3n) is 6.57. The number of hydrogen-bond donors (Lipinski definition) is 3. The molecule has 1 aromatic carbocycles. The lowest BCUT2D eigenvalue weighted by Crippen LogP contribution is -2.53. The van der Waals surface area contributed by atoms with Crippen LogP contribution in [-0.4, -0.2) is 101 Å². The van der Waals surface area contributed by atoms with E-state index >= 15 is 0 Å². The van der Waals surface area contributed by atoms with Gasteiger partial charge in [-0.3, -0.25) is 24.6 Å². The first-order valence-electron chi connectivity index (χ1n) is 12.0. The summed E-state index contributed by atoms with van der Waals surface area (Å²) in [5.41, 5.74) is 1.80. The summed E-state index contributed by atoms with van der Waals surface area (Å²) in [6.07, 6.45) is 2.58. The van der Waals surface area contributed by atoms with Gasteiger partial charge in [-0.05, 0) is 36.7 Å². The molecular formula is C25H35N7O3. The van der Waals surface area contributed by atoms with Gasteiger partial charge < -0.3 is 20.4 Å². The van der Waals surface area contributed by atoms with E-state index in [1.165, 1.54) is 6.07 Å². The Morgan fingerprint density at radius 3 is 2.54 bits per heavy atom. The Balaban J connectivity index is 1.58. The average Bonchev–Trinajstić information content (AvgIpc) is 3.17. The van der Waals surface area contributed by atoms with Crippen molar-refractivity contribution >= 4 is 17.4 Å². The average molecular weight is 482 g/mol. The Morgan fingerprint density at radius 2 is 1.89 bits per heavy atom. The maximum absolute atomic E-state index is 13.4. The summed E-state index contributed by atoms with van der Waals surface area (Å²) in [6.45, 7) is 9.28. The number of benzene rings is 1. The number of nitrogens with one attached hydrogen (secondary N) is 1. The van der Waals surface area contributed by atoms with Gasteiger partial charge in [-0.15, -0.1) is 0 Å². The molecule has 0 radical (unpaired) electrons. The van der Waals surface area contributed by atoms with E-state index in [1.54, 1.807) is 41.5 Å². The molecule has 2 aliphatic heterocycles. The predicted molar refractivity (Wildman–Crippen MR) is 136 cm³/mol. The van der Waals surface area contributed by atoms with Gasteiger partial charge in [0, 0.05) is 58.6 Å². The highest BCUT2D eigenvalue weighted by atomic mass is 16.3. The summed E-state index contributed by atoms with van der Waals surface area (Å²) in [4.78, 5) is 24.1. The quantitative estimate of drug-likeness (QED) is 0.545. The van der Waals surface area contributed by atoms with Gasteiger partial charge in [0.1, 0.15) is 11.5 Å². The van der Waals surface area contributed by atoms with Crippen LogP contribution in [-0.2, 0) is 4.79 Å². The molecule has 1 aromatic heterocycles. The van der Waals surface area contributed by atoms with E-state index in [2.05, 4.69) is 32.2 Å². The number of likely N-dealkylation sites (N-methyl/N-ethyl adjacent to an activating group) is 2. The molecule has 1 amide bonds.